The summed E-state index contributed by atoms with van der Waals surface area (Å²) in [5, 5.41) is 9.25. The Bertz CT molecular complexity index is 3710. The van der Waals surface area contributed by atoms with E-state index in [-0.39, 0.29) is 5.41 Å². The van der Waals surface area contributed by atoms with Gasteiger partial charge in [-0.05, 0) is 95.2 Å². The van der Waals surface area contributed by atoms with E-state index >= 15 is 0 Å². The molecule has 63 heavy (non-hydrogen) atoms. The second kappa shape index (κ2) is 13.2. The molecule has 0 unspecified atom stereocenters. The normalized spacial score (nSPS) is 13.4. The molecule has 0 atom stereocenters. The van der Waals surface area contributed by atoms with E-state index in [1.807, 2.05) is 0 Å². The lowest BCUT2D eigenvalue weighted by atomic mass is 9.65. The number of rotatable bonds is 4. The fourth-order valence-electron chi connectivity index (χ4n) is 11.2. The van der Waals surface area contributed by atoms with Crippen LogP contribution in [-0.4, -0.2) is 0 Å². The van der Waals surface area contributed by atoms with Crippen LogP contribution in [0.3, 0.4) is 0 Å². The third kappa shape index (κ3) is 4.95. The van der Waals surface area contributed by atoms with Crippen molar-refractivity contribution >= 4 is 65.4 Å². The van der Waals surface area contributed by atoms with Crippen molar-refractivity contribution < 1.29 is 8.83 Å². The summed E-state index contributed by atoms with van der Waals surface area (Å²) in [5.41, 5.74) is 15.9. The molecule has 0 saturated carbocycles. The minimum Gasteiger partial charge on any atom is -0.455 e. The summed E-state index contributed by atoms with van der Waals surface area (Å²) >= 11 is 0. The molecule has 2 heterocycles. The number of furan rings is 2. The molecule has 13 rings (SSSR count). The standard InChI is InChI=1S/C61H42O2/c1-60(2,3)38-32-30-37(31-33-38)53-43-24-10-12-26-45(43)54(46-27-13-11-25-44(46)53)49-36-48-42-23-15-17-29-52(42)63-59(48)56-55-50(35-34-47-41-22-14-16-28-51(41)62-58(47)55)61(57(49)56,39-18-6-4-7-19-39)40-20-8-5-9-21-40/h4-36H,1-3H3. The van der Waals surface area contributed by atoms with Gasteiger partial charge in [-0.3, -0.25) is 0 Å². The Morgan fingerprint density at radius 2 is 0.825 bits per heavy atom. The van der Waals surface area contributed by atoms with Gasteiger partial charge in [-0.2, -0.15) is 0 Å². The Hall–Kier alpha value is -7.68. The van der Waals surface area contributed by atoms with E-state index in [0.29, 0.717) is 0 Å². The zero-order chi connectivity index (χ0) is 42.0. The molecule has 2 nitrogen and oxygen atoms in total. The Kier molecular flexibility index (Phi) is 7.52. The van der Waals surface area contributed by atoms with Crippen LogP contribution in [0, 0.1) is 0 Å². The van der Waals surface area contributed by atoms with E-state index in [0.717, 1.165) is 55.0 Å². The van der Waals surface area contributed by atoms with Crippen molar-refractivity contribution in [2.24, 2.45) is 0 Å². The Balaban J connectivity index is 1.28. The first kappa shape index (κ1) is 36.0. The smallest absolute Gasteiger partial charge is 0.143 e. The van der Waals surface area contributed by atoms with E-state index in [1.54, 1.807) is 0 Å². The first-order chi connectivity index (χ1) is 30.9. The van der Waals surface area contributed by atoms with Gasteiger partial charge >= 0.3 is 0 Å². The molecule has 0 aliphatic heterocycles. The van der Waals surface area contributed by atoms with Crippen LogP contribution in [0.5, 0.6) is 0 Å². The second-order valence-electron chi connectivity index (χ2n) is 18.3. The van der Waals surface area contributed by atoms with Crippen molar-refractivity contribution in [1.82, 2.24) is 0 Å². The summed E-state index contributed by atoms with van der Waals surface area (Å²) in [4.78, 5) is 0. The molecule has 0 saturated heterocycles. The highest BCUT2D eigenvalue weighted by Crippen LogP contribution is 2.64. The average molecular weight is 807 g/mol. The van der Waals surface area contributed by atoms with Gasteiger partial charge in [-0.25, -0.2) is 0 Å². The Morgan fingerprint density at radius 3 is 1.37 bits per heavy atom. The van der Waals surface area contributed by atoms with Gasteiger partial charge < -0.3 is 8.83 Å². The number of benzene rings is 10. The van der Waals surface area contributed by atoms with Crippen molar-refractivity contribution in [3.8, 4) is 33.4 Å². The van der Waals surface area contributed by atoms with E-state index in [4.69, 9.17) is 8.83 Å². The first-order valence-corrected chi connectivity index (χ1v) is 22.0. The van der Waals surface area contributed by atoms with Crippen molar-refractivity contribution in [3.05, 3.63) is 228 Å². The SMILES string of the molecule is CC(C)(C)c1ccc(-c2c3ccccc3c(-c3cc4c(oc5ccccc54)c4c3C(c3ccccc3)(c3ccccc3)c3ccc5c(oc6ccccc65)c3-4)c3ccccc23)cc1. The molecule has 0 bridgehead atoms. The molecular formula is C61H42O2. The van der Waals surface area contributed by atoms with E-state index in [1.165, 1.54) is 71.6 Å². The van der Waals surface area contributed by atoms with Crippen LogP contribution in [0.4, 0.5) is 0 Å². The Labute approximate surface area is 365 Å². The summed E-state index contributed by atoms with van der Waals surface area (Å²) in [7, 11) is 0. The Morgan fingerprint density at radius 1 is 0.365 bits per heavy atom. The summed E-state index contributed by atoms with van der Waals surface area (Å²) in [5.74, 6) is 0. The van der Waals surface area contributed by atoms with Crippen LogP contribution in [0.25, 0.3) is 98.8 Å². The molecule has 2 aromatic heterocycles. The predicted octanol–water partition coefficient (Wildman–Crippen LogP) is 16.8. The summed E-state index contributed by atoms with van der Waals surface area (Å²) in [6.45, 7) is 6.84. The second-order valence-corrected chi connectivity index (χ2v) is 18.3. The van der Waals surface area contributed by atoms with Gasteiger partial charge in [0.25, 0.3) is 0 Å². The highest BCUT2D eigenvalue weighted by Gasteiger charge is 2.51. The molecule has 12 aromatic rings. The van der Waals surface area contributed by atoms with Gasteiger partial charge in [-0.1, -0.05) is 203 Å². The lowest BCUT2D eigenvalue weighted by Crippen LogP contribution is -2.29. The first-order valence-electron chi connectivity index (χ1n) is 22.0. The van der Waals surface area contributed by atoms with Crippen LogP contribution in [0.15, 0.2) is 209 Å². The van der Waals surface area contributed by atoms with Crippen LogP contribution in [0.1, 0.15) is 48.6 Å². The summed E-state index contributed by atoms with van der Waals surface area (Å²) in [6, 6.07) is 73.6. The van der Waals surface area contributed by atoms with Crippen LogP contribution < -0.4 is 0 Å². The third-order valence-electron chi connectivity index (χ3n) is 13.9. The van der Waals surface area contributed by atoms with E-state index in [9.17, 15) is 0 Å². The molecule has 10 aromatic carbocycles. The molecule has 0 amide bonds. The largest absolute Gasteiger partial charge is 0.455 e. The topological polar surface area (TPSA) is 26.3 Å². The number of hydrogen-bond acceptors (Lipinski definition) is 2. The highest BCUT2D eigenvalue weighted by molar-refractivity contribution is 6.26. The lowest BCUT2D eigenvalue weighted by Gasteiger charge is -2.35. The van der Waals surface area contributed by atoms with Gasteiger partial charge in [0, 0.05) is 32.7 Å². The minimum atomic E-state index is -0.757. The summed E-state index contributed by atoms with van der Waals surface area (Å²) in [6.07, 6.45) is 0. The zero-order valence-corrected chi connectivity index (χ0v) is 35.4. The maximum atomic E-state index is 7.17. The minimum absolute atomic E-state index is 0.0539. The average Bonchev–Trinajstić information content (AvgIpc) is 3.99. The predicted molar refractivity (Wildman–Crippen MR) is 263 cm³/mol. The molecule has 0 N–H and O–H groups in total. The molecule has 2 heteroatoms. The van der Waals surface area contributed by atoms with Gasteiger partial charge in [0.05, 0.1) is 5.41 Å². The van der Waals surface area contributed by atoms with E-state index in [2.05, 4.69) is 221 Å². The molecule has 1 aliphatic carbocycles. The zero-order valence-electron chi connectivity index (χ0n) is 35.4. The molecule has 0 radical (unpaired) electrons. The maximum absolute atomic E-state index is 7.17. The summed E-state index contributed by atoms with van der Waals surface area (Å²) < 4.78 is 14.3. The molecule has 1 aliphatic rings. The van der Waals surface area contributed by atoms with E-state index < -0.39 is 5.41 Å². The lowest BCUT2D eigenvalue weighted by molar-refractivity contribution is 0.590. The van der Waals surface area contributed by atoms with Crippen molar-refractivity contribution in [2.75, 3.05) is 0 Å². The number of para-hydroxylation sites is 2. The fourth-order valence-corrected chi connectivity index (χ4v) is 11.2. The molecule has 0 spiro atoms. The van der Waals surface area contributed by atoms with Gasteiger partial charge in [0.1, 0.15) is 22.3 Å². The van der Waals surface area contributed by atoms with Gasteiger partial charge in [0.15, 0.2) is 0 Å². The van der Waals surface area contributed by atoms with Crippen LogP contribution in [-0.2, 0) is 10.8 Å². The highest BCUT2D eigenvalue weighted by atomic mass is 16.3. The molecular weight excluding hydrogens is 765 g/mol. The quantitative estimate of drug-likeness (QED) is 0.166. The fraction of sp³-hybridized carbons (Fsp3) is 0.0820. The van der Waals surface area contributed by atoms with Crippen molar-refractivity contribution in [3.63, 3.8) is 0 Å². The molecule has 0 fully saturated rings. The number of fused-ring (bicyclic) bond motifs is 13. The van der Waals surface area contributed by atoms with Gasteiger partial charge in [-0.15, -0.1) is 0 Å². The third-order valence-corrected chi connectivity index (χ3v) is 13.9. The molecule has 298 valence electrons. The monoisotopic (exact) mass is 806 g/mol. The van der Waals surface area contributed by atoms with Gasteiger partial charge in [0.2, 0.25) is 0 Å². The van der Waals surface area contributed by atoms with Crippen molar-refractivity contribution in [1.29, 1.82) is 0 Å². The van der Waals surface area contributed by atoms with Crippen LogP contribution in [0.2, 0.25) is 0 Å². The maximum Gasteiger partial charge on any atom is 0.143 e. The van der Waals surface area contributed by atoms with Crippen molar-refractivity contribution in [2.45, 2.75) is 31.6 Å². The number of hydrogen-bond donors (Lipinski definition) is 0. The van der Waals surface area contributed by atoms with Crippen LogP contribution >= 0.6 is 0 Å².